The van der Waals surface area contributed by atoms with Gasteiger partial charge < -0.3 is 9.16 Å². The standard InChI is InChI=1S/C19H30N2O5SSi/c1-8-25-17(23)14-12(2)13-15(27-14)20-18(24)21(16(13)22)10-9-11-26-28(6,7)19(3,4)5/h8-11H2,1-7H3,(H,20,24). The van der Waals surface area contributed by atoms with Crippen LogP contribution < -0.4 is 11.2 Å². The van der Waals surface area contributed by atoms with E-state index in [4.69, 9.17) is 9.16 Å². The molecule has 156 valence electrons. The number of rotatable bonds is 7. The molecule has 1 N–H and O–H groups in total. The van der Waals surface area contributed by atoms with E-state index in [2.05, 4.69) is 38.8 Å². The average Bonchev–Trinajstić information content (AvgIpc) is 2.89. The number of aromatic amines is 1. The summed E-state index contributed by atoms with van der Waals surface area (Å²) in [5.74, 6) is -0.476. The Balaban J connectivity index is 2.25. The predicted molar refractivity (Wildman–Crippen MR) is 115 cm³/mol. The molecule has 0 fully saturated rings. The van der Waals surface area contributed by atoms with Crippen LogP contribution in [0.15, 0.2) is 9.59 Å². The molecule has 0 aliphatic heterocycles. The lowest BCUT2D eigenvalue weighted by Gasteiger charge is -2.36. The fourth-order valence-electron chi connectivity index (χ4n) is 2.61. The van der Waals surface area contributed by atoms with Crippen LogP contribution in [0.4, 0.5) is 0 Å². The SMILES string of the molecule is CCOC(=O)c1sc2[nH]c(=O)n(CCCO[Si](C)(C)C(C)(C)C)c(=O)c2c1C. The van der Waals surface area contributed by atoms with E-state index in [1.165, 1.54) is 4.57 Å². The first-order valence-corrected chi connectivity index (χ1v) is 13.2. The topological polar surface area (TPSA) is 90.4 Å². The average molecular weight is 427 g/mol. The molecule has 28 heavy (non-hydrogen) atoms. The molecular formula is C19H30N2O5SSi. The summed E-state index contributed by atoms with van der Waals surface area (Å²) >= 11 is 1.08. The fourth-order valence-corrected chi connectivity index (χ4v) is 4.78. The summed E-state index contributed by atoms with van der Waals surface area (Å²) < 4.78 is 12.3. The number of carbonyl (C=O) groups excluding carboxylic acids is 1. The third-order valence-corrected chi connectivity index (χ3v) is 11.1. The van der Waals surface area contributed by atoms with Crippen LogP contribution in [-0.4, -0.2) is 37.1 Å². The molecule has 0 atom stereocenters. The molecule has 0 spiro atoms. The highest BCUT2D eigenvalue weighted by Crippen LogP contribution is 2.36. The minimum absolute atomic E-state index is 0.109. The lowest BCUT2D eigenvalue weighted by molar-refractivity contribution is 0.0531. The summed E-state index contributed by atoms with van der Waals surface area (Å²) in [5.41, 5.74) is -0.303. The highest BCUT2D eigenvalue weighted by Gasteiger charge is 2.36. The van der Waals surface area contributed by atoms with Crippen LogP contribution in [0.3, 0.4) is 0 Å². The van der Waals surface area contributed by atoms with E-state index in [0.29, 0.717) is 33.7 Å². The summed E-state index contributed by atoms with van der Waals surface area (Å²) in [7, 11) is -1.86. The number of fused-ring (bicyclic) bond motifs is 1. The van der Waals surface area contributed by atoms with Gasteiger partial charge in [0.1, 0.15) is 9.71 Å². The van der Waals surface area contributed by atoms with Crippen molar-refractivity contribution >= 4 is 35.8 Å². The highest BCUT2D eigenvalue weighted by molar-refractivity contribution is 7.20. The van der Waals surface area contributed by atoms with E-state index in [1.54, 1.807) is 13.8 Å². The first-order valence-electron chi connectivity index (χ1n) is 9.48. The summed E-state index contributed by atoms with van der Waals surface area (Å²) in [5, 5.41) is 0.482. The van der Waals surface area contributed by atoms with Crippen LogP contribution in [-0.2, 0) is 15.7 Å². The monoisotopic (exact) mass is 426 g/mol. The summed E-state index contributed by atoms with van der Waals surface area (Å²) in [4.78, 5) is 40.8. The van der Waals surface area contributed by atoms with Gasteiger partial charge in [-0.15, -0.1) is 11.3 Å². The molecule has 2 rings (SSSR count). The Morgan fingerprint density at radius 3 is 2.46 bits per heavy atom. The van der Waals surface area contributed by atoms with Crippen molar-refractivity contribution in [3.8, 4) is 0 Å². The lowest BCUT2D eigenvalue weighted by Crippen LogP contribution is -2.41. The quantitative estimate of drug-likeness (QED) is 0.415. The van der Waals surface area contributed by atoms with Crippen molar-refractivity contribution in [2.24, 2.45) is 0 Å². The molecule has 2 heterocycles. The van der Waals surface area contributed by atoms with Crippen molar-refractivity contribution in [3.63, 3.8) is 0 Å². The van der Waals surface area contributed by atoms with E-state index >= 15 is 0 Å². The van der Waals surface area contributed by atoms with Crippen molar-refractivity contribution < 1.29 is 14.0 Å². The smallest absolute Gasteiger partial charge is 0.348 e. The number of esters is 1. The number of hydrogen-bond donors (Lipinski definition) is 1. The molecule has 0 aromatic carbocycles. The van der Waals surface area contributed by atoms with Gasteiger partial charge in [0.15, 0.2) is 8.32 Å². The molecule has 0 unspecified atom stereocenters. The number of ether oxygens (including phenoxy) is 1. The van der Waals surface area contributed by atoms with Crippen molar-refractivity contribution in [2.45, 2.75) is 65.7 Å². The van der Waals surface area contributed by atoms with E-state index < -0.39 is 20.0 Å². The maximum absolute atomic E-state index is 12.9. The molecule has 2 aromatic rings. The highest BCUT2D eigenvalue weighted by atomic mass is 32.1. The molecule has 0 bridgehead atoms. The lowest BCUT2D eigenvalue weighted by atomic mass is 10.2. The van der Waals surface area contributed by atoms with Crippen LogP contribution >= 0.6 is 11.3 Å². The van der Waals surface area contributed by atoms with Crippen molar-refractivity contribution in [1.82, 2.24) is 9.55 Å². The number of hydrogen-bond acceptors (Lipinski definition) is 6. The largest absolute Gasteiger partial charge is 0.462 e. The maximum atomic E-state index is 12.9. The Bertz CT molecular complexity index is 981. The molecule has 0 aliphatic carbocycles. The molecule has 0 aliphatic rings. The number of nitrogens with one attached hydrogen (secondary N) is 1. The second-order valence-corrected chi connectivity index (χ2v) is 14.2. The Hall–Kier alpha value is -1.71. The minimum atomic E-state index is -1.86. The number of thiophene rings is 1. The Morgan fingerprint density at radius 2 is 1.89 bits per heavy atom. The first kappa shape index (κ1) is 22.6. The van der Waals surface area contributed by atoms with Gasteiger partial charge in [0.05, 0.1) is 12.0 Å². The molecule has 2 aromatic heterocycles. The van der Waals surface area contributed by atoms with Gasteiger partial charge in [0.2, 0.25) is 0 Å². The van der Waals surface area contributed by atoms with Crippen LogP contribution in [0.2, 0.25) is 18.1 Å². The van der Waals surface area contributed by atoms with Gasteiger partial charge >= 0.3 is 11.7 Å². The van der Waals surface area contributed by atoms with Crippen molar-refractivity contribution in [3.05, 3.63) is 31.3 Å². The number of carbonyl (C=O) groups is 1. The third kappa shape index (κ3) is 4.47. The molecule has 9 heteroatoms. The maximum Gasteiger partial charge on any atom is 0.348 e. The second kappa shape index (κ2) is 8.34. The minimum Gasteiger partial charge on any atom is -0.462 e. The van der Waals surface area contributed by atoms with Gasteiger partial charge in [0, 0.05) is 13.2 Å². The molecule has 0 radical (unpaired) electrons. The van der Waals surface area contributed by atoms with Crippen LogP contribution in [0, 0.1) is 6.92 Å². The summed E-state index contributed by atoms with van der Waals surface area (Å²) in [6.07, 6.45) is 0.564. The van der Waals surface area contributed by atoms with Crippen LogP contribution in [0.1, 0.15) is 49.4 Å². The van der Waals surface area contributed by atoms with Gasteiger partial charge in [-0.1, -0.05) is 20.8 Å². The molecule has 0 saturated carbocycles. The van der Waals surface area contributed by atoms with Gasteiger partial charge in [0.25, 0.3) is 5.56 Å². The first-order chi connectivity index (χ1) is 12.9. The van der Waals surface area contributed by atoms with Crippen LogP contribution in [0.25, 0.3) is 10.2 Å². The second-order valence-electron chi connectivity index (χ2n) is 8.33. The zero-order chi connectivity index (χ0) is 21.3. The normalized spacial score (nSPS) is 12.5. The van der Waals surface area contributed by atoms with Gasteiger partial charge in [-0.2, -0.15) is 0 Å². The van der Waals surface area contributed by atoms with Crippen molar-refractivity contribution in [1.29, 1.82) is 0 Å². The van der Waals surface area contributed by atoms with Crippen LogP contribution in [0.5, 0.6) is 0 Å². The van der Waals surface area contributed by atoms with Gasteiger partial charge in [-0.25, -0.2) is 9.59 Å². The fraction of sp³-hybridized carbons (Fsp3) is 0.632. The van der Waals surface area contributed by atoms with Crippen molar-refractivity contribution in [2.75, 3.05) is 13.2 Å². The molecule has 7 nitrogen and oxygen atoms in total. The molecule has 0 saturated heterocycles. The van der Waals surface area contributed by atoms with Gasteiger partial charge in [-0.3, -0.25) is 14.3 Å². The van der Waals surface area contributed by atoms with E-state index in [-0.39, 0.29) is 23.7 Å². The predicted octanol–water partition coefficient (Wildman–Crippen LogP) is 3.65. The summed E-state index contributed by atoms with van der Waals surface area (Å²) in [6.45, 7) is 15.3. The Labute approximate surface area is 169 Å². The number of H-pyrrole nitrogens is 1. The molecule has 0 amide bonds. The zero-order valence-electron chi connectivity index (χ0n) is 17.7. The zero-order valence-corrected chi connectivity index (χ0v) is 19.5. The third-order valence-electron chi connectivity index (χ3n) is 5.33. The Morgan fingerprint density at radius 1 is 1.25 bits per heavy atom. The Kier molecular flexibility index (Phi) is 6.72. The molecular weight excluding hydrogens is 396 g/mol. The van der Waals surface area contributed by atoms with E-state index in [0.717, 1.165) is 11.3 Å². The summed E-state index contributed by atoms with van der Waals surface area (Å²) in [6, 6.07) is 0. The van der Waals surface area contributed by atoms with E-state index in [9.17, 15) is 14.4 Å². The van der Waals surface area contributed by atoms with E-state index in [1.807, 2.05) is 0 Å². The van der Waals surface area contributed by atoms with Gasteiger partial charge in [-0.05, 0) is 44.0 Å². The number of nitrogens with zero attached hydrogens (tertiary/aromatic N) is 1. The number of aromatic nitrogens is 2. The number of aryl methyl sites for hydroxylation is 1.